The summed E-state index contributed by atoms with van der Waals surface area (Å²) in [6.45, 7) is 6.01. The fourth-order valence-electron chi connectivity index (χ4n) is 5.19. The van der Waals surface area contributed by atoms with Crippen molar-refractivity contribution in [1.82, 2.24) is 15.2 Å². The number of halogens is 1. The summed E-state index contributed by atoms with van der Waals surface area (Å²) >= 11 is 7.63. The van der Waals surface area contributed by atoms with Crippen molar-refractivity contribution in [3.8, 4) is 0 Å². The molecule has 1 aliphatic rings. The van der Waals surface area contributed by atoms with Crippen LogP contribution in [0.25, 0.3) is 10.2 Å². The lowest BCUT2D eigenvalue weighted by Gasteiger charge is -2.28. The van der Waals surface area contributed by atoms with Gasteiger partial charge in [-0.25, -0.2) is 4.98 Å². The summed E-state index contributed by atoms with van der Waals surface area (Å²) in [6, 6.07) is 5.45. The predicted molar refractivity (Wildman–Crippen MR) is 152 cm³/mol. The van der Waals surface area contributed by atoms with Crippen LogP contribution >= 0.6 is 22.9 Å². The number of nitrogens with zero attached hydrogens (tertiary/aromatic N) is 2. The van der Waals surface area contributed by atoms with Gasteiger partial charge in [-0.3, -0.25) is 9.59 Å². The lowest BCUT2D eigenvalue weighted by molar-refractivity contribution is -0.129. The molecule has 0 unspecified atom stereocenters. The van der Waals surface area contributed by atoms with Gasteiger partial charge in [0.15, 0.2) is 5.78 Å². The molecule has 8 heteroatoms. The Labute approximate surface area is 229 Å². The first-order valence-corrected chi connectivity index (χ1v) is 14.5. The largest absolute Gasteiger partial charge is 0.353 e. The molecule has 1 aromatic carbocycles. The molecule has 202 valence electrons. The number of fused-ring (bicyclic) bond motifs is 1. The van der Waals surface area contributed by atoms with Gasteiger partial charge in [-0.05, 0) is 58.0 Å². The summed E-state index contributed by atoms with van der Waals surface area (Å²) < 4.78 is 0.969. The number of hydrogen-bond donors (Lipinski definition) is 1. The van der Waals surface area contributed by atoms with Gasteiger partial charge in [-0.1, -0.05) is 50.3 Å². The molecule has 1 aliphatic carbocycles. The van der Waals surface area contributed by atoms with Crippen molar-refractivity contribution in [2.75, 3.05) is 20.6 Å². The standard InChI is InChI=1S/C29H40ClN3O3S/c1-19(18-33(3)4)26(35)13-11-24(15-21-8-6-5-7-9-21)31-29(36)22(14-20(2)34)16-28-32-25-12-10-23(30)17-27(25)37-28/h10,12,17,21-22,24H,1,5-9,11,13-16,18H2,2-4H3,(H,31,36)/t22-,24+/m0/s1. The van der Waals surface area contributed by atoms with Crippen LogP contribution in [0.5, 0.6) is 0 Å². The van der Waals surface area contributed by atoms with Crippen molar-refractivity contribution < 1.29 is 14.4 Å². The van der Waals surface area contributed by atoms with Gasteiger partial charge in [-0.15, -0.1) is 11.3 Å². The van der Waals surface area contributed by atoms with Crippen molar-refractivity contribution in [3.05, 3.63) is 40.4 Å². The number of nitrogens with one attached hydrogen (secondary N) is 1. The molecule has 2 atom stereocenters. The van der Waals surface area contributed by atoms with Crippen molar-refractivity contribution in [2.24, 2.45) is 11.8 Å². The van der Waals surface area contributed by atoms with Crippen LogP contribution in [0.4, 0.5) is 0 Å². The van der Waals surface area contributed by atoms with Gasteiger partial charge in [0.1, 0.15) is 5.78 Å². The number of likely N-dealkylation sites (N-methyl/N-ethyl adjacent to an activating group) is 1. The van der Waals surface area contributed by atoms with Crippen LogP contribution < -0.4 is 5.32 Å². The van der Waals surface area contributed by atoms with Crippen LogP contribution in [0.15, 0.2) is 30.4 Å². The molecular weight excluding hydrogens is 506 g/mol. The number of rotatable bonds is 14. The number of Topliss-reactive ketones (excluding diaryl/α,β-unsaturated/α-hetero) is 2. The maximum absolute atomic E-state index is 13.5. The van der Waals surface area contributed by atoms with Crippen LogP contribution in [-0.4, -0.2) is 54.0 Å². The Morgan fingerprint density at radius 1 is 1.22 bits per heavy atom. The molecule has 6 nitrogen and oxygen atoms in total. The molecule has 0 saturated heterocycles. The number of thiazole rings is 1. The molecular formula is C29H40ClN3O3S. The molecule has 0 bridgehead atoms. The van der Waals surface area contributed by atoms with Gasteiger partial charge in [-0.2, -0.15) is 0 Å². The Morgan fingerprint density at radius 3 is 2.62 bits per heavy atom. The van der Waals surface area contributed by atoms with Crippen LogP contribution in [0, 0.1) is 11.8 Å². The average Bonchev–Trinajstić information content (AvgIpc) is 3.23. The molecule has 1 saturated carbocycles. The minimum Gasteiger partial charge on any atom is -0.353 e. The second kappa shape index (κ2) is 14.2. The summed E-state index contributed by atoms with van der Waals surface area (Å²) in [5, 5.41) is 4.70. The lowest BCUT2D eigenvalue weighted by atomic mass is 9.83. The van der Waals surface area contributed by atoms with Gasteiger partial charge in [0.2, 0.25) is 5.91 Å². The zero-order valence-corrected chi connectivity index (χ0v) is 23.9. The Hall–Kier alpha value is -2.09. The van der Waals surface area contributed by atoms with Crippen LogP contribution in [0.2, 0.25) is 5.02 Å². The molecule has 3 rings (SSSR count). The van der Waals surface area contributed by atoms with E-state index in [1.807, 2.05) is 31.1 Å². The SMILES string of the molecule is C=C(CN(C)C)C(=O)CC[C@H](CC1CCCCC1)NC(=O)[C@@H](CC(C)=O)Cc1nc2ccc(Cl)cc2s1. The van der Waals surface area contributed by atoms with E-state index < -0.39 is 5.92 Å². The highest BCUT2D eigenvalue weighted by Gasteiger charge is 2.27. The van der Waals surface area contributed by atoms with E-state index in [4.69, 9.17) is 11.6 Å². The second-order valence-electron chi connectivity index (χ2n) is 10.8. The first-order chi connectivity index (χ1) is 17.6. The Kier molecular flexibility index (Phi) is 11.3. The normalized spacial score (nSPS) is 16.0. The highest BCUT2D eigenvalue weighted by atomic mass is 35.5. The smallest absolute Gasteiger partial charge is 0.224 e. The van der Waals surface area contributed by atoms with Crippen LogP contribution in [-0.2, 0) is 20.8 Å². The third-order valence-corrected chi connectivity index (χ3v) is 8.31. The van der Waals surface area contributed by atoms with Crippen molar-refractivity contribution in [3.63, 3.8) is 0 Å². The number of benzene rings is 1. The van der Waals surface area contributed by atoms with Gasteiger partial charge in [0, 0.05) is 42.4 Å². The molecule has 1 N–H and O–H groups in total. The monoisotopic (exact) mass is 545 g/mol. The van der Waals surface area contributed by atoms with Gasteiger partial charge in [0.25, 0.3) is 0 Å². The summed E-state index contributed by atoms with van der Waals surface area (Å²) in [7, 11) is 3.83. The quantitative estimate of drug-likeness (QED) is 0.294. The molecule has 2 aromatic rings. The number of carbonyl (C=O) groups excluding carboxylic acids is 3. The molecule has 0 radical (unpaired) electrons. The van der Waals surface area contributed by atoms with E-state index in [1.165, 1.54) is 50.4 Å². The van der Waals surface area contributed by atoms with Gasteiger partial charge < -0.3 is 15.0 Å². The third-order valence-electron chi connectivity index (χ3n) is 7.03. The maximum Gasteiger partial charge on any atom is 0.224 e. The number of carbonyl (C=O) groups is 3. The Bertz CT molecular complexity index is 1110. The molecule has 1 heterocycles. The minimum absolute atomic E-state index is 0.0247. The summed E-state index contributed by atoms with van der Waals surface area (Å²) in [6.07, 6.45) is 8.42. The van der Waals surface area contributed by atoms with Crippen molar-refractivity contribution >= 4 is 50.6 Å². The van der Waals surface area contributed by atoms with E-state index in [9.17, 15) is 14.4 Å². The van der Waals surface area contributed by atoms with E-state index in [0.29, 0.717) is 42.3 Å². The summed E-state index contributed by atoms with van der Waals surface area (Å²) in [5.41, 5.74) is 1.44. The summed E-state index contributed by atoms with van der Waals surface area (Å²) in [5.74, 6) is -0.0534. The fraction of sp³-hybridized carbons (Fsp3) is 0.586. The number of amides is 1. The average molecular weight is 546 g/mol. The first-order valence-electron chi connectivity index (χ1n) is 13.3. The van der Waals surface area contributed by atoms with Crippen LogP contribution in [0.1, 0.15) is 69.7 Å². The van der Waals surface area contributed by atoms with Crippen LogP contribution in [0.3, 0.4) is 0 Å². The number of hydrogen-bond acceptors (Lipinski definition) is 6. The maximum atomic E-state index is 13.5. The Balaban J connectivity index is 1.70. The number of ketones is 2. The third kappa shape index (κ3) is 9.62. The zero-order valence-electron chi connectivity index (χ0n) is 22.4. The highest BCUT2D eigenvalue weighted by Crippen LogP contribution is 2.30. The molecule has 0 aliphatic heterocycles. The minimum atomic E-state index is -0.498. The van der Waals surface area contributed by atoms with E-state index in [1.54, 1.807) is 6.07 Å². The predicted octanol–water partition coefficient (Wildman–Crippen LogP) is 6.01. The molecule has 37 heavy (non-hydrogen) atoms. The molecule has 0 spiro atoms. The molecule has 1 aromatic heterocycles. The highest BCUT2D eigenvalue weighted by molar-refractivity contribution is 7.18. The lowest BCUT2D eigenvalue weighted by Crippen LogP contribution is -2.41. The van der Waals surface area contributed by atoms with E-state index >= 15 is 0 Å². The topological polar surface area (TPSA) is 79.4 Å². The second-order valence-corrected chi connectivity index (χ2v) is 12.3. The van der Waals surface area contributed by atoms with Crippen molar-refractivity contribution in [2.45, 2.75) is 77.2 Å². The van der Waals surface area contributed by atoms with E-state index in [-0.39, 0.29) is 29.9 Å². The zero-order chi connectivity index (χ0) is 26.9. The van der Waals surface area contributed by atoms with Gasteiger partial charge in [0.05, 0.1) is 21.1 Å². The fourth-order valence-corrected chi connectivity index (χ4v) is 6.52. The van der Waals surface area contributed by atoms with E-state index in [2.05, 4.69) is 16.9 Å². The van der Waals surface area contributed by atoms with Crippen molar-refractivity contribution in [1.29, 1.82) is 0 Å². The van der Waals surface area contributed by atoms with E-state index in [0.717, 1.165) is 21.6 Å². The van der Waals surface area contributed by atoms with Gasteiger partial charge >= 0.3 is 0 Å². The summed E-state index contributed by atoms with van der Waals surface area (Å²) in [4.78, 5) is 44.9. The molecule has 1 amide bonds. The number of aromatic nitrogens is 1. The molecule has 1 fully saturated rings. The first kappa shape index (κ1) is 29.5. The Morgan fingerprint density at radius 2 is 1.95 bits per heavy atom.